The molecule has 2 aromatic rings. The molecule has 10 heteroatoms. The van der Waals surface area contributed by atoms with Crippen molar-refractivity contribution < 1.29 is 38.1 Å². The van der Waals surface area contributed by atoms with Gasteiger partial charge in [-0.3, -0.25) is 19.2 Å². The normalized spacial score (nSPS) is 12.3. The minimum atomic E-state index is -2.31. The summed E-state index contributed by atoms with van der Waals surface area (Å²) in [7, 11) is -4.10. The van der Waals surface area contributed by atoms with Gasteiger partial charge in [-0.1, -0.05) is 122 Å². The standard InChI is InChI=1S/C36H54O8Si2/c1-9-41-31(37)35(32(38)42-10-2,25-19-27-45(5,6)29-21-15-13-16-22-29)36(33(39)43-11-3,34(40)44-12-4)26-20-28-46(7,8)30-23-17-14-18-24-30/h13-18,21-24H,9-12,19-20,25-28H2,1-8H3. The molecule has 46 heavy (non-hydrogen) atoms. The van der Waals surface area contributed by atoms with Crippen molar-refractivity contribution >= 4 is 50.4 Å². The molecule has 0 saturated carbocycles. The Kier molecular flexibility index (Phi) is 14.9. The smallest absolute Gasteiger partial charge is 0.325 e. The molecule has 0 radical (unpaired) electrons. The Labute approximate surface area is 277 Å². The Balaban J connectivity index is 2.77. The van der Waals surface area contributed by atoms with Crippen LogP contribution in [0.4, 0.5) is 0 Å². The van der Waals surface area contributed by atoms with Crippen molar-refractivity contribution in [3.63, 3.8) is 0 Å². The Morgan fingerprint density at radius 3 is 1.00 bits per heavy atom. The van der Waals surface area contributed by atoms with Gasteiger partial charge in [-0.25, -0.2) is 0 Å². The van der Waals surface area contributed by atoms with Crippen molar-refractivity contribution in [1.29, 1.82) is 0 Å². The number of rotatable bonds is 19. The Morgan fingerprint density at radius 1 is 0.500 bits per heavy atom. The zero-order valence-corrected chi connectivity index (χ0v) is 31.1. The van der Waals surface area contributed by atoms with E-state index in [1.807, 2.05) is 36.4 Å². The first-order valence-corrected chi connectivity index (χ1v) is 23.0. The molecule has 0 atom stereocenters. The summed E-state index contributed by atoms with van der Waals surface area (Å²) in [5.74, 6) is -3.86. The van der Waals surface area contributed by atoms with E-state index in [2.05, 4.69) is 50.5 Å². The maximum Gasteiger partial charge on any atom is 0.325 e. The van der Waals surface area contributed by atoms with Crippen LogP contribution in [0.5, 0.6) is 0 Å². The molecule has 2 aromatic carbocycles. The molecule has 0 aliphatic heterocycles. The molecular formula is C36H54O8Si2. The van der Waals surface area contributed by atoms with Crippen LogP contribution in [0.3, 0.4) is 0 Å². The van der Waals surface area contributed by atoms with Crippen LogP contribution in [0.1, 0.15) is 53.4 Å². The van der Waals surface area contributed by atoms with Crippen LogP contribution in [0.25, 0.3) is 0 Å². The molecule has 0 heterocycles. The second-order valence-electron chi connectivity index (χ2n) is 12.9. The molecule has 254 valence electrons. The van der Waals surface area contributed by atoms with Crippen molar-refractivity contribution in [3.05, 3.63) is 60.7 Å². The van der Waals surface area contributed by atoms with Crippen LogP contribution in [0, 0.1) is 10.8 Å². The second kappa shape index (κ2) is 17.6. The van der Waals surface area contributed by atoms with Crippen molar-refractivity contribution in [2.24, 2.45) is 10.8 Å². The maximum atomic E-state index is 14.3. The van der Waals surface area contributed by atoms with E-state index in [-0.39, 0.29) is 39.3 Å². The monoisotopic (exact) mass is 670 g/mol. The summed E-state index contributed by atoms with van der Waals surface area (Å²) in [6, 6.07) is 21.7. The molecule has 0 aromatic heterocycles. The summed E-state index contributed by atoms with van der Waals surface area (Å²) in [6.45, 7) is 15.2. The summed E-state index contributed by atoms with van der Waals surface area (Å²) < 4.78 is 22.3. The number of hydrogen-bond acceptors (Lipinski definition) is 8. The molecule has 0 aliphatic rings. The predicted molar refractivity (Wildman–Crippen MR) is 187 cm³/mol. The lowest BCUT2D eigenvalue weighted by atomic mass is 9.58. The van der Waals surface area contributed by atoms with Gasteiger partial charge in [0.05, 0.1) is 42.6 Å². The zero-order valence-electron chi connectivity index (χ0n) is 29.1. The van der Waals surface area contributed by atoms with Gasteiger partial charge >= 0.3 is 23.9 Å². The van der Waals surface area contributed by atoms with Crippen LogP contribution in [0.2, 0.25) is 38.3 Å². The fourth-order valence-electron chi connectivity index (χ4n) is 6.37. The minimum Gasteiger partial charge on any atom is -0.465 e. The second-order valence-corrected chi connectivity index (χ2v) is 22.6. The lowest BCUT2D eigenvalue weighted by Crippen LogP contribution is -2.63. The van der Waals surface area contributed by atoms with Gasteiger partial charge in [0.25, 0.3) is 0 Å². The van der Waals surface area contributed by atoms with E-state index in [1.165, 1.54) is 10.4 Å². The van der Waals surface area contributed by atoms with Gasteiger partial charge in [0.1, 0.15) is 0 Å². The van der Waals surface area contributed by atoms with Crippen LogP contribution >= 0.6 is 0 Å². The predicted octanol–water partition coefficient (Wildman–Crippen LogP) is 6.00. The van der Waals surface area contributed by atoms with Crippen LogP contribution in [-0.4, -0.2) is 66.5 Å². The molecule has 0 amide bonds. The minimum absolute atomic E-state index is 0.0556. The molecule has 0 spiro atoms. The number of benzene rings is 2. The molecular weight excluding hydrogens is 617 g/mol. The van der Waals surface area contributed by atoms with Crippen LogP contribution in [-0.2, 0) is 38.1 Å². The molecule has 0 bridgehead atoms. The van der Waals surface area contributed by atoms with E-state index in [4.69, 9.17) is 18.9 Å². The Bertz CT molecular complexity index is 1140. The van der Waals surface area contributed by atoms with E-state index in [0.717, 1.165) is 0 Å². The van der Waals surface area contributed by atoms with Crippen LogP contribution in [0.15, 0.2) is 60.7 Å². The average molecular weight is 671 g/mol. The fraction of sp³-hybridized carbons (Fsp3) is 0.556. The first kappa shape index (κ1) is 38.9. The number of ether oxygens (including phenoxy) is 4. The summed E-state index contributed by atoms with van der Waals surface area (Å²) in [4.78, 5) is 57.3. The largest absolute Gasteiger partial charge is 0.465 e. The molecule has 2 rings (SSSR count). The van der Waals surface area contributed by atoms with Crippen molar-refractivity contribution in [3.8, 4) is 0 Å². The molecule has 0 unspecified atom stereocenters. The molecule has 0 fully saturated rings. The number of esters is 4. The topological polar surface area (TPSA) is 105 Å². The van der Waals surface area contributed by atoms with Crippen LogP contribution < -0.4 is 10.4 Å². The molecule has 0 N–H and O–H groups in total. The number of carbonyl (C=O) groups excluding carboxylic acids is 4. The number of hydrogen-bond donors (Lipinski definition) is 0. The highest BCUT2D eigenvalue weighted by Crippen LogP contribution is 2.52. The van der Waals surface area contributed by atoms with Gasteiger partial charge in [0.15, 0.2) is 10.8 Å². The van der Waals surface area contributed by atoms with Gasteiger partial charge in [0, 0.05) is 0 Å². The van der Waals surface area contributed by atoms with Gasteiger partial charge in [-0.05, 0) is 40.5 Å². The van der Waals surface area contributed by atoms with E-state index in [1.54, 1.807) is 27.7 Å². The van der Waals surface area contributed by atoms with E-state index in [0.29, 0.717) is 24.9 Å². The van der Waals surface area contributed by atoms with E-state index < -0.39 is 50.9 Å². The average Bonchev–Trinajstić information content (AvgIpc) is 3.03. The third kappa shape index (κ3) is 8.76. The third-order valence-electron chi connectivity index (χ3n) is 9.04. The molecule has 8 nitrogen and oxygen atoms in total. The Morgan fingerprint density at radius 2 is 0.761 bits per heavy atom. The lowest BCUT2D eigenvalue weighted by molar-refractivity contribution is -0.205. The summed E-state index contributed by atoms with van der Waals surface area (Å²) in [5, 5.41) is 2.45. The van der Waals surface area contributed by atoms with Crippen molar-refractivity contribution in [2.75, 3.05) is 26.4 Å². The highest BCUT2D eigenvalue weighted by atomic mass is 28.3. The first-order valence-electron chi connectivity index (χ1n) is 16.6. The Hall–Kier alpha value is -3.25. The van der Waals surface area contributed by atoms with E-state index >= 15 is 0 Å². The van der Waals surface area contributed by atoms with Crippen molar-refractivity contribution in [1.82, 2.24) is 0 Å². The highest BCUT2D eigenvalue weighted by molar-refractivity contribution is 6.90. The SMILES string of the molecule is CCOC(=O)C(CCC[Si](C)(C)c1ccccc1)(C(=O)OCC)C(CCC[Si](C)(C)c1ccccc1)(C(=O)OCC)C(=O)OCC. The lowest BCUT2D eigenvalue weighted by Gasteiger charge is -2.43. The summed E-state index contributed by atoms with van der Waals surface area (Å²) >= 11 is 0. The third-order valence-corrected chi connectivity index (χ3v) is 16.0. The summed E-state index contributed by atoms with van der Waals surface area (Å²) in [5.41, 5.74) is -4.62. The first-order chi connectivity index (χ1) is 21.8. The fourth-order valence-corrected chi connectivity index (χ4v) is 11.3. The van der Waals surface area contributed by atoms with Gasteiger partial charge < -0.3 is 18.9 Å². The number of carbonyl (C=O) groups is 4. The highest BCUT2D eigenvalue weighted by Gasteiger charge is 2.72. The molecule has 0 aliphatic carbocycles. The zero-order chi connectivity index (χ0) is 34.4. The van der Waals surface area contributed by atoms with E-state index in [9.17, 15) is 19.2 Å². The molecule has 0 saturated heterocycles. The van der Waals surface area contributed by atoms with Gasteiger partial charge in [0.2, 0.25) is 0 Å². The quantitative estimate of drug-likeness (QED) is 0.0776. The van der Waals surface area contributed by atoms with Gasteiger partial charge in [-0.15, -0.1) is 0 Å². The maximum absolute atomic E-state index is 14.3. The summed E-state index contributed by atoms with van der Waals surface area (Å²) in [6.07, 6.45) is 0.475. The van der Waals surface area contributed by atoms with Gasteiger partial charge in [-0.2, -0.15) is 0 Å². The van der Waals surface area contributed by atoms with Crippen molar-refractivity contribution in [2.45, 2.75) is 91.7 Å².